The second kappa shape index (κ2) is 6.78. The molecule has 0 amide bonds. The highest BCUT2D eigenvalue weighted by Gasteiger charge is 2.30. The number of likely N-dealkylation sites (N-methyl/N-ethyl adjacent to an activating group) is 1. The van der Waals surface area contributed by atoms with Crippen molar-refractivity contribution in [3.63, 3.8) is 0 Å². The van der Waals surface area contributed by atoms with Crippen molar-refractivity contribution < 1.29 is 0 Å². The summed E-state index contributed by atoms with van der Waals surface area (Å²) in [6, 6.07) is 4.90. The van der Waals surface area contributed by atoms with Crippen molar-refractivity contribution in [1.82, 2.24) is 29.6 Å². The Morgan fingerprint density at radius 2 is 1.81 bits per heavy atom. The summed E-state index contributed by atoms with van der Waals surface area (Å²) in [7, 11) is 2.29. The number of hydrogen-bond acceptors (Lipinski definition) is 6. The Bertz CT molecular complexity index is 760. The molecule has 4 heterocycles. The van der Waals surface area contributed by atoms with Crippen LogP contribution in [0.5, 0.6) is 0 Å². The topological polar surface area (TPSA) is 52.8 Å². The standard InChI is InChI=1S/C19H29N7/c1-23-9-3-2-4-16(23)14-24-10-12-25(13-11-24)18-8-7-17-20-21-19(15-5-6-15)26(17)22-18/h7-8,15-16H,2-6,9-14H2,1H3. The van der Waals surface area contributed by atoms with Crippen molar-refractivity contribution in [3.05, 3.63) is 18.0 Å². The van der Waals surface area contributed by atoms with Crippen LogP contribution >= 0.6 is 0 Å². The predicted molar refractivity (Wildman–Crippen MR) is 102 cm³/mol. The summed E-state index contributed by atoms with van der Waals surface area (Å²) in [4.78, 5) is 7.60. The largest absolute Gasteiger partial charge is 0.353 e. The molecule has 0 spiro atoms. The van der Waals surface area contributed by atoms with E-state index in [1.54, 1.807) is 0 Å². The minimum Gasteiger partial charge on any atom is -0.353 e. The van der Waals surface area contributed by atoms with E-state index in [4.69, 9.17) is 5.10 Å². The second-order valence-corrected chi connectivity index (χ2v) is 8.21. The molecule has 2 aromatic rings. The zero-order chi connectivity index (χ0) is 17.5. The van der Waals surface area contributed by atoms with Crippen molar-refractivity contribution in [2.75, 3.05) is 51.2 Å². The third-order valence-electron chi connectivity index (χ3n) is 6.30. The number of rotatable bonds is 4. The zero-order valence-corrected chi connectivity index (χ0v) is 15.7. The van der Waals surface area contributed by atoms with Crippen molar-refractivity contribution >= 4 is 11.5 Å². The SMILES string of the molecule is CN1CCCCC1CN1CCN(c2ccc3nnc(C4CC4)n3n2)CC1. The number of nitrogens with zero attached hydrogens (tertiary/aromatic N) is 7. The van der Waals surface area contributed by atoms with Crippen molar-refractivity contribution in [2.45, 2.75) is 44.1 Å². The number of fused-ring (bicyclic) bond motifs is 1. The van der Waals surface area contributed by atoms with Gasteiger partial charge in [0.05, 0.1) is 0 Å². The van der Waals surface area contributed by atoms with Crippen molar-refractivity contribution in [3.8, 4) is 0 Å². The summed E-state index contributed by atoms with van der Waals surface area (Å²) >= 11 is 0. The minimum atomic E-state index is 0.567. The van der Waals surface area contributed by atoms with Crippen LogP contribution in [-0.2, 0) is 0 Å². The Kier molecular flexibility index (Phi) is 4.29. The van der Waals surface area contributed by atoms with Crippen LogP contribution in [0.15, 0.2) is 12.1 Å². The molecule has 26 heavy (non-hydrogen) atoms. The first-order valence-electron chi connectivity index (χ1n) is 10.2. The number of anilines is 1. The van der Waals surface area contributed by atoms with Gasteiger partial charge in [-0.15, -0.1) is 15.3 Å². The molecule has 140 valence electrons. The fourth-order valence-corrected chi connectivity index (χ4v) is 4.39. The van der Waals surface area contributed by atoms with Gasteiger partial charge in [0, 0.05) is 44.7 Å². The maximum atomic E-state index is 4.86. The summed E-state index contributed by atoms with van der Waals surface area (Å²) in [5, 5.41) is 13.5. The summed E-state index contributed by atoms with van der Waals surface area (Å²) in [5.41, 5.74) is 0.870. The van der Waals surface area contributed by atoms with E-state index in [2.05, 4.69) is 44.1 Å². The number of aromatic nitrogens is 4. The van der Waals surface area contributed by atoms with Crippen LogP contribution in [0.4, 0.5) is 5.82 Å². The van der Waals surface area contributed by atoms with Gasteiger partial charge in [0.2, 0.25) is 0 Å². The fourth-order valence-electron chi connectivity index (χ4n) is 4.39. The highest BCUT2D eigenvalue weighted by molar-refractivity contribution is 5.46. The van der Waals surface area contributed by atoms with Crippen LogP contribution in [0.3, 0.4) is 0 Å². The molecule has 0 N–H and O–H groups in total. The van der Waals surface area contributed by atoms with E-state index in [1.165, 1.54) is 45.2 Å². The predicted octanol–water partition coefficient (Wildman–Crippen LogP) is 1.61. The highest BCUT2D eigenvalue weighted by atomic mass is 15.4. The Morgan fingerprint density at radius 3 is 2.58 bits per heavy atom. The maximum absolute atomic E-state index is 4.86. The maximum Gasteiger partial charge on any atom is 0.178 e. The lowest BCUT2D eigenvalue weighted by Crippen LogP contribution is -2.52. The molecule has 0 bridgehead atoms. The van der Waals surface area contributed by atoms with Gasteiger partial charge in [-0.05, 0) is 51.4 Å². The molecule has 1 aliphatic carbocycles. The second-order valence-electron chi connectivity index (χ2n) is 8.21. The summed E-state index contributed by atoms with van der Waals surface area (Å²) in [5.74, 6) is 2.67. The summed E-state index contributed by atoms with van der Waals surface area (Å²) < 4.78 is 1.97. The Balaban J connectivity index is 1.23. The average molecular weight is 355 g/mol. The van der Waals surface area contributed by atoms with Gasteiger partial charge in [-0.3, -0.25) is 4.90 Å². The van der Waals surface area contributed by atoms with Crippen molar-refractivity contribution in [1.29, 1.82) is 0 Å². The van der Waals surface area contributed by atoms with Gasteiger partial charge in [0.15, 0.2) is 11.5 Å². The van der Waals surface area contributed by atoms with Crippen LogP contribution in [0.2, 0.25) is 0 Å². The van der Waals surface area contributed by atoms with Crippen LogP contribution in [0.1, 0.15) is 43.8 Å². The molecule has 3 aliphatic rings. The van der Waals surface area contributed by atoms with Crippen LogP contribution < -0.4 is 4.90 Å². The van der Waals surface area contributed by atoms with Gasteiger partial charge < -0.3 is 9.80 Å². The third-order valence-corrected chi connectivity index (χ3v) is 6.30. The van der Waals surface area contributed by atoms with Crippen LogP contribution in [-0.4, -0.2) is 82.0 Å². The number of piperazine rings is 1. The Morgan fingerprint density at radius 1 is 0.962 bits per heavy atom. The molecular formula is C19H29N7. The minimum absolute atomic E-state index is 0.567. The van der Waals surface area contributed by atoms with E-state index >= 15 is 0 Å². The summed E-state index contributed by atoms with van der Waals surface area (Å²) in [6.07, 6.45) is 6.55. The lowest BCUT2D eigenvalue weighted by molar-refractivity contribution is 0.124. The van der Waals surface area contributed by atoms with Crippen molar-refractivity contribution in [2.24, 2.45) is 0 Å². The first-order chi connectivity index (χ1) is 12.8. The molecule has 7 heteroatoms. The summed E-state index contributed by atoms with van der Waals surface area (Å²) in [6.45, 7) is 6.83. The molecule has 3 fully saturated rings. The van der Waals surface area contributed by atoms with Crippen LogP contribution in [0, 0.1) is 0 Å². The number of likely N-dealkylation sites (tertiary alicyclic amines) is 1. The zero-order valence-electron chi connectivity index (χ0n) is 15.7. The van der Waals surface area contributed by atoms with Gasteiger partial charge in [0.25, 0.3) is 0 Å². The lowest BCUT2D eigenvalue weighted by atomic mass is 10.0. The normalized spacial score (nSPS) is 25.9. The van der Waals surface area contributed by atoms with E-state index in [1.807, 2.05) is 4.52 Å². The molecule has 1 atom stereocenters. The first kappa shape index (κ1) is 16.4. The van der Waals surface area contributed by atoms with Gasteiger partial charge in [-0.2, -0.15) is 4.52 Å². The number of hydrogen-bond donors (Lipinski definition) is 0. The molecule has 0 radical (unpaired) electrons. The average Bonchev–Trinajstić information content (AvgIpc) is 3.43. The molecule has 0 aromatic carbocycles. The monoisotopic (exact) mass is 355 g/mol. The number of piperidine rings is 1. The van der Waals surface area contributed by atoms with Gasteiger partial charge in [-0.1, -0.05) is 6.42 Å². The Labute approximate surface area is 155 Å². The molecule has 7 nitrogen and oxygen atoms in total. The molecular weight excluding hydrogens is 326 g/mol. The van der Waals surface area contributed by atoms with E-state index < -0.39 is 0 Å². The lowest BCUT2D eigenvalue weighted by Gasteiger charge is -2.40. The molecule has 1 unspecified atom stereocenters. The van der Waals surface area contributed by atoms with Gasteiger partial charge in [0.1, 0.15) is 5.82 Å². The van der Waals surface area contributed by atoms with E-state index in [0.29, 0.717) is 5.92 Å². The molecule has 1 saturated carbocycles. The smallest absolute Gasteiger partial charge is 0.178 e. The van der Waals surface area contributed by atoms with Gasteiger partial charge in [-0.25, -0.2) is 0 Å². The first-order valence-corrected chi connectivity index (χ1v) is 10.2. The Hall–Kier alpha value is -1.73. The van der Waals surface area contributed by atoms with E-state index in [9.17, 15) is 0 Å². The fraction of sp³-hybridized carbons (Fsp3) is 0.737. The quantitative estimate of drug-likeness (QED) is 0.831. The van der Waals surface area contributed by atoms with Crippen LogP contribution in [0.25, 0.3) is 5.65 Å². The molecule has 2 saturated heterocycles. The third kappa shape index (κ3) is 3.18. The molecule has 2 aliphatic heterocycles. The van der Waals surface area contributed by atoms with E-state index in [0.717, 1.165) is 49.5 Å². The highest BCUT2D eigenvalue weighted by Crippen LogP contribution is 2.38. The van der Waals surface area contributed by atoms with E-state index in [-0.39, 0.29) is 0 Å². The molecule has 2 aromatic heterocycles. The van der Waals surface area contributed by atoms with Gasteiger partial charge >= 0.3 is 0 Å². The molecule has 5 rings (SSSR count).